The number of methoxy groups -OCH3 is 1. The van der Waals surface area contributed by atoms with Crippen molar-refractivity contribution in [2.75, 3.05) is 43.5 Å². The summed E-state index contributed by atoms with van der Waals surface area (Å²) in [6.45, 7) is 4.95. The molecule has 2 N–H and O–H groups in total. The third-order valence-electron chi connectivity index (χ3n) is 5.80. The maximum atomic E-state index is 12.7. The van der Waals surface area contributed by atoms with Crippen molar-refractivity contribution in [2.45, 2.75) is 6.54 Å². The molecule has 3 aromatic rings. The van der Waals surface area contributed by atoms with E-state index >= 15 is 0 Å². The zero-order valence-electron chi connectivity index (χ0n) is 19.3. The van der Waals surface area contributed by atoms with E-state index in [1.54, 1.807) is 0 Å². The molecule has 1 heterocycles. The molecule has 1 aliphatic heterocycles. The van der Waals surface area contributed by atoms with Crippen LogP contribution in [0.25, 0.3) is 0 Å². The lowest BCUT2D eigenvalue weighted by Crippen LogP contribution is -2.45. The van der Waals surface area contributed by atoms with E-state index in [9.17, 15) is 4.79 Å². The Balaban J connectivity index is 1.29. The predicted molar refractivity (Wildman–Crippen MR) is 147 cm³/mol. The molecular weight excluding hydrogens is 503 g/mol. The van der Waals surface area contributed by atoms with Crippen LogP contribution in [0.3, 0.4) is 0 Å². The minimum Gasteiger partial charge on any atom is -0.494 e. The quantitative estimate of drug-likeness (QED) is 0.415. The number of hydrogen-bond donors (Lipinski definition) is 2. The number of hydrogen-bond acceptors (Lipinski definition) is 5. The van der Waals surface area contributed by atoms with Crippen LogP contribution in [-0.2, 0) is 6.54 Å². The number of amides is 1. The lowest BCUT2D eigenvalue weighted by atomic mass is 10.2. The summed E-state index contributed by atoms with van der Waals surface area (Å²) in [5.41, 5.74) is 3.48. The molecule has 0 bridgehead atoms. The van der Waals surface area contributed by atoms with Gasteiger partial charge in [0.05, 0.1) is 17.7 Å². The van der Waals surface area contributed by atoms with E-state index in [0.29, 0.717) is 5.02 Å². The van der Waals surface area contributed by atoms with Gasteiger partial charge in [-0.05, 0) is 54.2 Å². The van der Waals surface area contributed by atoms with Crippen molar-refractivity contribution in [1.82, 2.24) is 10.2 Å². The van der Waals surface area contributed by atoms with Gasteiger partial charge in [0, 0.05) is 49.1 Å². The second-order valence-electron chi connectivity index (χ2n) is 8.17. The maximum absolute atomic E-state index is 12.7. The van der Waals surface area contributed by atoms with Gasteiger partial charge in [-0.3, -0.25) is 15.0 Å². The molecule has 6 nitrogen and oxygen atoms in total. The smallest absolute Gasteiger partial charge is 0.261 e. The summed E-state index contributed by atoms with van der Waals surface area (Å²) >= 11 is 17.5. The molecule has 0 aromatic heterocycles. The molecule has 1 saturated heterocycles. The minimum atomic E-state index is -0.464. The number of piperazine rings is 1. The first-order chi connectivity index (χ1) is 16.9. The van der Waals surface area contributed by atoms with Gasteiger partial charge in [-0.1, -0.05) is 53.5 Å². The molecule has 0 saturated carbocycles. The van der Waals surface area contributed by atoms with Gasteiger partial charge in [0.15, 0.2) is 5.11 Å². The highest BCUT2D eigenvalue weighted by molar-refractivity contribution is 7.80. The average Bonchev–Trinajstić information content (AvgIpc) is 2.85. The minimum absolute atomic E-state index is 0.162. The van der Waals surface area contributed by atoms with Gasteiger partial charge in [-0.15, -0.1) is 0 Å². The molecule has 0 atom stereocenters. The number of carbonyl (C=O) groups excluding carboxylic acids is 1. The molecule has 0 spiro atoms. The van der Waals surface area contributed by atoms with Crippen molar-refractivity contribution >= 4 is 57.8 Å². The van der Waals surface area contributed by atoms with Gasteiger partial charge in [0.2, 0.25) is 0 Å². The lowest BCUT2D eigenvalue weighted by Gasteiger charge is -2.36. The fraction of sp³-hybridized carbons (Fsp3) is 0.231. The first-order valence-electron chi connectivity index (χ1n) is 11.2. The van der Waals surface area contributed by atoms with E-state index in [1.165, 1.54) is 24.8 Å². The van der Waals surface area contributed by atoms with E-state index in [1.807, 2.05) is 18.2 Å². The summed E-state index contributed by atoms with van der Waals surface area (Å²) in [5, 5.41) is 6.43. The van der Waals surface area contributed by atoms with Crippen molar-refractivity contribution in [3.05, 3.63) is 87.9 Å². The molecule has 0 radical (unpaired) electrons. The summed E-state index contributed by atoms with van der Waals surface area (Å²) in [7, 11) is 1.44. The van der Waals surface area contributed by atoms with Gasteiger partial charge in [-0.25, -0.2) is 0 Å². The first-order valence-corrected chi connectivity index (χ1v) is 12.4. The Hall–Kier alpha value is -2.84. The highest BCUT2D eigenvalue weighted by Gasteiger charge is 2.19. The van der Waals surface area contributed by atoms with Gasteiger partial charge in [0.1, 0.15) is 5.75 Å². The van der Waals surface area contributed by atoms with Crippen LogP contribution in [-0.4, -0.2) is 49.2 Å². The van der Waals surface area contributed by atoms with E-state index in [-0.39, 0.29) is 21.4 Å². The number of benzene rings is 3. The number of ether oxygens (including phenoxy) is 1. The number of rotatable bonds is 6. The number of carbonyl (C=O) groups is 1. The average molecular weight is 529 g/mol. The number of anilines is 2. The molecule has 1 amide bonds. The summed E-state index contributed by atoms with van der Waals surface area (Å²) in [5.74, 6) is -0.224. The first kappa shape index (κ1) is 25.3. The maximum Gasteiger partial charge on any atom is 0.261 e. The fourth-order valence-electron chi connectivity index (χ4n) is 4.03. The summed E-state index contributed by atoms with van der Waals surface area (Å²) in [6, 6.07) is 21.6. The molecular formula is C26H26Cl2N4O2S. The highest BCUT2D eigenvalue weighted by Crippen LogP contribution is 2.32. The highest BCUT2D eigenvalue weighted by atomic mass is 35.5. The van der Waals surface area contributed by atoms with Crippen LogP contribution in [0.4, 0.5) is 11.4 Å². The van der Waals surface area contributed by atoms with Gasteiger partial charge >= 0.3 is 0 Å². The second-order valence-corrected chi connectivity index (χ2v) is 9.42. The summed E-state index contributed by atoms with van der Waals surface area (Å²) in [4.78, 5) is 17.5. The van der Waals surface area contributed by atoms with Gasteiger partial charge in [-0.2, -0.15) is 0 Å². The van der Waals surface area contributed by atoms with Crippen LogP contribution in [0, 0.1) is 0 Å². The molecule has 182 valence electrons. The van der Waals surface area contributed by atoms with Crippen molar-refractivity contribution in [3.63, 3.8) is 0 Å². The Morgan fingerprint density at radius 1 is 1.00 bits per heavy atom. The Kier molecular flexibility index (Phi) is 8.46. The third kappa shape index (κ3) is 6.64. The standard InChI is InChI=1S/C26H26Cl2N4O2S/c1-34-24-22(15-19(27)16-23(24)28)25(33)30-26(35)29-20-7-9-21(10-8-20)32-13-11-31(12-14-32)17-18-5-3-2-4-6-18/h2-10,15-16H,11-14,17H2,1H3,(H2,29,30,33,35). The summed E-state index contributed by atoms with van der Waals surface area (Å²) in [6.07, 6.45) is 0. The molecule has 1 aliphatic rings. The Morgan fingerprint density at radius 2 is 1.69 bits per heavy atom. The molecule has 9 heteroatoms. The normalized spacial score (nSPS) is 13.9. The zero-order valence-corrected chi connectivity index (χ0v) is 21.6. The van der Waals surface area contributed by atoms with Crippen LogP contribution in [0.5, 0.6) is 5.75 Å². The topological polar surface area (TPSA) is 56.8 Å². The number of nitrogens with one attached hydrogen (secondary N) is 2. The monoisotopic (exact) mass is 528 g/mol. The molecule has 3 aromatic carbocycles. The van der Waals surface area contributed by atoms with Crippen LogP contribution in [0.1, 0.15) is 15.9 Å². The largest absolute Gasteiger partial charge is 0.494 e. The Bertz CT molecular complexity index is 1180. The van der Waals surface area contributed by atoms with Crippen molar-refractivity contribution in [1.29, 1.82) is 0 Å². The molecule has 35 heavy (non-hydrogen) atoms. The molecule has 4 rings (SSSR count). The SMILES string of the molecule is COc1c(Cl)cc(Cl)cc1C(=O)NC(=S)Nc1ccc(N2CCN(Cc3ccccc3)CC2)cc1. The summed E-state index contributed by atoms with van der Waals surface area (Å²) < 4.78 is 5.24. The van der Waals surface area contributed by atoms with Crippen LogP contribution in [0.2, 0.25) is 10.0 Å². The third-order valence-corrected chi connectivity index (χ3v) is 6.50. The van der Waals surface area contributed by atoms with Crippen molar-refractivity contribution in [3.8, 4) is 5.75 Å². The van der Waals surface area contributed by atoms with E-state index in [4.69, 9.17) is 40.2 Å². The number of thiocarbonyl (C=S) groups is 1. The van der Waals surface area contributed by atoms with Crippen LogP contribution >= 0.6 is 35.4 Å². The molecule has 0 unspecified atom stereocenters. The Morgan fingerprint density at radius 3 is 2.34 bits per heavy atom. The van der Waals surface area contributed by atoms with Gasteiger partial charge < -0.3 is 15.0 Å². The van der Waals surface area contributed by atoms with E-state index in [0.717, 1.165) is 44.1 Å². The van der Waals surface area contributed by atoms with Gasteiger partial charge in [0.25, 0.3) is 5.91 Å². The lowest BCUT2D eigenvalue weighted by molar-refractivity contribution is 0.0975. The van der Waals surface area contributed by atoms with Crippen molar-refractivity contribution in [2.24, 2.45) is 0 Å². The number of halogens is 2. The Labute approximate surface area is 220 Å². The fourth-order valence-corrected chi connectivity index (χ4v) is 4.81. The second kappa shape index (κ2) is 11.7. The van der Waals surface area contributed by atoms with E-state index in [2.05, 4.69) is 56.8 Å². The van der Waals surface area contributed by atoms with Crippen molar-refractivity contribution < 1.29 is 9.53 Å². The number of nitrogens with zero attached hydrogens (tertiary/aromatic N) is 2. The predicted octanol–water partition coefficient (Wildman–Crippen LogP) is 5.45. The molecule has 0 aliphatic carbocycles. The molecule has 1 fully saturated rings. The van der Waals surface area contributed by atoms with Crippen LogP contribution < -0.4 is 20.3 Å². The zero-order chi connectivity index (χ0) is 24.8. The van der Waals surface area contributed by atoms with E-state index < -0.39 is 5.91 Å². The van der Waals surface area contributed by atoms with Crippen LogP contribution in [0.15, 0.2) is 66.7 Å².